The van der Waals surface area contributed by atoms with Gasteiger partial charge in [0, 0.05) is 9.35 Å². The van der Waals surface area contributed by atoms with Crippen molar-refractivity contribution in [3.63, 3.8) is 0 Å². The second kappa shape index (κ2) is 4.83. The second-order valence-corrected chi connectivity index (χ2v) is 6.12. The number of methoxy groups -OCH3 is 1. The predicted octanol–water partition coefficient (Wildman–Crippen LogP) is 4.07. The fourth-order valence-electron chi connectivity index (χ4n) is 1.12. The molecule has 84 valence electrons. The van der Waals surface area contributed by atoms with E-state index in [1.165, 1.54) is 29.8 Å². The normalized spacial score (nSPS) is 10.4. The lowest BCUT2D eigenvalue weighted by molar-refractivity contribution is 0.0596. The summed E-state index contributed by atoms with van der Waals surface area (Å²) in [6.07, 6.45) is 0. The van der Waals surface area contributed by atoms with E-state index in [0.29, 0.717) is 10.0 Å². The van der Waals surface area contributed by atoms with E-state index in [4.69, 9.17) is 11.6 Å². The van der Waals surface area contributed by atoms with Gasteiger partial charge in [0.05, 0.1) is 17.5 Å². The molecule has 0 bridgehead atoms. The molecule has 0 saturated heterocycles. The van der Waals surface area contributed by atoms with Gasteiger partial charge in [0.1, 0.15) is 4.34 Å². The first-order valence-corrected chi connectivity index (χ1v) is 6.97. The van der Waals surface area contributed by atoms with Crippen LogP contribution >= 0.6 is 50.2 Å². The summed E-state index contributed by atoms with van der Waals surface area (Å²) in [6.45, 7) is 0. The average Bonchev–Trinajstić information content (AvgIpc) is 2.85. The maximum atomic E-state index is 11.4. The van der Waals surface area contributed by atoms with Gasteiger partial charge in [-0.05, 0) is 22.0 Å². The van der Waals surface area contributed by atoms with Crippen molar-refractivity contribution in [1.82, 2.24) is 4.98 Å². The summed E-state index contributed by atoms with van der Waals surface area (Å²) in [6, 6.07) is 1.87. The summed E-state index contributed by atoms with van der Waals surface area (Å²) in [4.78, 5) is 17.1. The molecular formula is C9H5BrClNO2S2. The Kier molecular flexibility index (Phi) is 3.63. The first-order chi connectivity index (χ1) is 7.63. The SMILES string of the molecule is COC(=O)c1ncsc1-c1cc(Br)c(Cl)s1. The van der Waals surface area contributed by atoms with Crippen LogP contribution in [0.4, 0.5) is 0 Å². The Labute approximate surface area is 113 Å². The van der Waals surface area contributed by atoms with Crippen LogP contribution in [0.3, 0.4) is 0 Å². The molecule has 0 fully saturated rings. The third-order valence-corrected chi connectivity index (χ3v) is 5.30. The highest BCUT2D eigenvalue weighted by Crippen LogP contribution is 2.40. The van der Waals surface area contributed by atoms with Crippen molar-refractivity contribution in [2.24, 2.45) is 0 Å². The number of rotatable bonds is 2. The summed E-state index contributed by atoms with van der Waals surface area (Å²) in [7, 11) is 1.34. The topological polar surface area (TPSA) is 39.2 Å². The van der Waals surface area contributed by atoms with E-state index in [9.17, 15) is 4.79 Å². The number of hydrogen-bond acceptors (Lipinski definition) is 5. The molecule has 3 nitrogen and oxygen atoms in total. The van der Waals surface area contributed by atoms with Crippen molar-refractivity contribution in [1.29, 1.82) is 0 Å². The first-order valence-electron chi connectivity index (χ1n) is 4.10. The lowest BCUT2D eigenvalue weighted by Gasteiger charge is -1.97. The molecule has 0 saturated carbocycles. The van der Waals surface area contributed by atoms with Gasteiger partial charge in [-0.1, -0.05) is 11.6 Å². The van der Waals surface area contributed by atoms with Crippen LogP contribution in [0.5, 0.6) is 0 Å². The molecule has 2 aromatic rings. The van der Waals surface area contributed by atoms with Gasteiger partial charge in [0.2, 0.25) is 0 Å². The smallest absolute Gasteiger partial charge is 0.358 e. The number of hydrogen-bond donors (Lipinski definition) is 0. The molecule has 0 atom stereocenters. The summed E-state index contributed by atoms with van der Waals surface area (Å²) >= 11 is 12.1. The molecule has 16 heavy (non-hydrogen) atoms. The monoisotopic (exact) mass is 337 g/mol. The standard InChI is InChI=1S/C9H5BrClNO2S2/c1-14-9(13)6-7(15-3-12-6)5-2-4(10)8(11)16-5/h2-3H,1H3. The van der Waals surface area contributed by atoms with Crippen LogP contribution in [-0.2, 0) is 4.74 Å². The van der Waals surface area contributed by atoms with E-state index in [1.807, 2.05) is 6.07 Å². The minimum atomic E-state index is -0.433. The number of nitrogens with zero attached hydrogens (tertiary/aromatic N) is 1. The molecule has 7 heteroatoms. The van der Waals surface area contributed by atoms with Crippen molar-refractivity contribution in [3.8, 4) is 9.75 Å². The molecule has 0 aliphatic rings. The molecule has 0 aliphatic heterocycles. The second-order valence-electron chi connectivity index (χ2n) is 2.75. The zero-order valence-electron chi connectivity index (χ0n) is 7.99. The van der Waals surface area contributed by atoms with Crippen LogP contribution in [0, 0.1) is 0 Å². The minimum absolute atomic E-state index is 0.331. The predicted molar refractivity (Wildman–Crippen MR) is 69.5 cm³/mol. The van der Waals surface area contributed by atoms with E-state index in [1.54, 1.807) is 5.51 Å². The molecule has 2 heterocycles. The maximum Gasteiger partial charge on any atom is 0.358 e. The van der Waals surface area contributed by atoms with Crippen molar-refractivity contribution < 1.29 is 9.53 Å². The van der Waals surface area contributed by atoms with E-state index >= 15 is 0 Å². The quantitative estimate of drug-likeness (QED) is 0.775. The fourth-order valence-corrected chi connectivity index (χ4v) is 3.72. The van der Waals surface area contributed by atoms with Crippen LogP contribution < -0.4 is 0 Å². The highest BCUT2D eigenvalue weighted by Gasteiger charge is 2.19. The molecule has 0 aromatic carbocycles. The Morgan fingerprint density at radius 1 is 1.62 bits per heavy atom. The van der Waals surface area contributed by atoms with E-state index in [-0.39, 0.29) is 0 Å². The maximum absolute atomic E-state index is 11.4. The van der Waals surface area contributed by atoms with Gasteiger partial charge >= 0.3 is 5.97 Å². The fraction of sp³-hybridized carbons (Fsp3) is 0.111. The van der Waals surface area contributed by atoms with Gasteiger partial charge in [-0.25, -0.2) is 9.78 Å². The highest BCUT2D eigenvalue weighted by molar-refractivity contribution is 9.10. The van der Waals surface area contributed by atoms with E-state index in [0.717, 1.165) is 14.2 Å². The molecule has 0 N–H and O–H groups in total. The Morgan fingerprint density at radius 2 is 2.38 bits per heavy atom. The molecule has 0 spiro atoms. The zero-order valence-corrected chi connectivity index (χ0v) is 12.0. The van der Waals surface area contributed by atoms with E-state index in [2.05, 4.69) is 25.7 Å². The first kappa shape index (κ1) is 12.0. The number of thiophene rings is 1. The van der Waals surface area contributed by atoms with Crippen LogP contribution in [0.15, 0.2) is 16.0 Å². The summed E-state index contributed by atoms with van der Waals surface area (Å²) in [5.74, 6) is -0.433. The van der Waals surface area contributed by atoms with Crippen molar-refractivity contribution in [2.75, 3.05) is 7.11 Å². The lowest BCUT2D eigenvalue weighted by atomic mass is 10.3. The average molecular weight is 339 g/mol. The number of halogens is 2. The van der Waals surface area contributed by atoms with Crippen LogP contribution in [0.1, 0.15) is 10.5 Å². The number of carbonyl (C=O) groups excluding carboxylic acids is 1. The van der Waals surface area contributed by atoms with Crippen LogP contribution in [0.25, 0.3) is 9.75 Å². The number of thiazole rings is 1. The van der Waals surface area contributed by atoms with Gasteiger partial charge in [-0.3, -0.25) is 0 Å². The molecule has 2 aromatic heterocycles. The molecule has 0 unspecified atom stereocenters. The molecular weight excluding hydrogens is 334 g/mol. The van der Waals surface area contributed by atoms with Gasteiger partial charge in [0.25, 0.3) is 0 Å². The minimum Gasteiger partial charge on any atom is -0.464 e. The zero-order chi connectivity index (χ0) is 11.7. The Bertz CT molecular complexity index is 518. The van der Waals surface area contributed by atoms with Gasteiger partial charge in [-0.2, -0.15) is 0 Å². The van der Waals surface area contributed by atoms with Gasteiger partial charge in [-0.15, -0.1) is 22.7 Å². The largest absolute Gasteiger partial charge is 0.464 e. The van der Waals surface area contributed by atoms with Crippen molar-refractivity contribution in [2.45, 2.75) is 0 Å². The lowest BCUT2D eigenvalue weighted by Crippen LogP contribution is -2.02. The van der Waals surface area contributed by atoms with Crippen LogP contribution in [0.2, 0.25) is 4.34 Å². The van der Waals surface area contributed by atoms with Gasteiger partial charge in [0.15, 0.2) is 5.69 Å². The Balaban J connectivity index is 2.48. The van der Waals surface area contributed by atoms with Gasteiger partial charge < -0.3 is 4.74 Å². The highest BCUT2D eigenvalue weighted by atomic mass is 79.9. The van der Waals surface area contributed by atoms with E-state index < -0.39 is 5.97 Å². The third kappa shape index (κ3) is 2.15. The number of esters is 1. The molecule has 2 rings (SSSR count). The van der Waals surface area contributed by atoms with Crippen molar-refractivity contribution >= 4 is 56.2 Å². The summed E-state index contributed by atoms with van der Waals surface area (Å²) < 4.78 is 6.13. The summed E-state index contributed by atoms with van der Waals surface area (Å²) in [5, 5.41) is 0. The molecule has 0 radical (unpaired) electrons. The Morgan fingerprint density at radius 3 is 2.94 bits per heavy atom. The third-order valence-electron chi connectivity index (χ3n) is 1.82. The molecule has 0 amide bonds. The van der Waals surface area contributed by atoms with Crippen LogP contribution in [-0.4, -0.2) is 18.1 Å². The molecule has 0 aliphatic carbocycles. The summed E-state index contributed by atoms with van der Waals surface area (Å²) in [5.41, 5.74) is 1.95. The van der Waals surface area contributed by atoms with Crippen molar-refractivity contribution in [3.05, 3.63) is 26.1 Å². The Hall–Kier alpha value is -0.430. The number of aromatic nitrogens is 1. The number of ether oxygens (including phenoxy) is 1. The number of carbonyl (C=O) groups is 1.